The summed E-state index contributed by atoms with van der Waals surface area (Å²) in [5.41, 5.74) is 0.777. The van der Waals surface area contributed by atoms with Crippen molar-refractivity contribution in [2.24, 2.45) is 0 Å². The SMILES string of the molecule is Cc1ccc(-c2csc3nc(-c4ncn[nH]4)[nH]c(=O)c23)s1. The fourth-order valence-corrected chi connectivity index (χ4v) is 4.04. The summed E-state index contributed by atoms with van der Waals surface area (Å²) in [6.07, 6.45) is 1.38. The molecule has 4 rings (SSSR count). The van der Waals surface area contributed by atoms with Crippen LogP contribution in [-0.2, 0) is 0 Å². The number of thiophene rings is 2. The van der Waals surface area contributed by atoms with Gasteiger partial charge in [0.15, 0.2) is 11.6 Å². The molecule has 0 amide bonds. The van der Waals surface area contributed by atoms with Crippen molar-refractivity contribution in [3.8, 4) is 22.1 Å². The molecule has 0 fully saturated rings. The molecule has 0 aliphatic rings. The first-order valence-electron chi connectivity index (χ1n) is 6.16. The van der Waals surface area contributed by atoms with E-state index in [0.717, 1.165) is 10.4 Å². The molecule has 0 aliphatic heterocycles. The molecule has 104 valence electrons. The monoisotopic (exact) mass is 315 g/mol. The first kappa shape index (κ1) is 12.4. The minimum Gasteiger partial charge on any atom is -0.303 e. The minimum atomic E-state index is -0.159. The molecule has 0 aliphatic carbocycles. The van der Waals surface area contributed by atoms with Crippen molar-refractivity contribution in [2.75, 3.05) is 0 Å². The molecule has 0 aromatic carbocycles. The molecule has 0 unspecified atom stereocenters. The Morgan fingerprint density at radius 3 is 2.86 bits per heavy atom. The second-order valence-corrected chi connectivity index (χ2v) is 6.63. The van der Waals surface area contributed by atoms with Gasteiger partial charge in [0.25, 0.3) is 5.56 Å². The van der Waals surface area contributed by atoms with Gasteiger partial charge in [0.1, 0.15) is 11.2 Å². The highest BCUT2D eigenvalue weighted by molar-refractivity contribution is 7.19. The fourth-order valence-electron chi connectivity index (χ4n) is 2.14. The summed E-state index contributed by atoms with van der Waals surface area (Å²) in [6.45, 7) is 2.05. The Morgan fingerprint density at radius 1 is 1.24 bits per heavy atom. The standard InChI is InChI=1S/C13H9N5OS2/c1-6-2-3-8(21-6)7-4-20-13-9(7)12(19)16-11(17-13)10-14-5-15-18-10/h2-5H,1H3,(H,14,15,18)(H,16,17,19). The summed E-state index contributed by atoms with van der Waals surface area (Å²) in [6, 6.07) is 4.08. The molecule has 0 saturated carbocycles. The van der Waals surface area contributed by atoms with Crippen LogP contribution in [0.3, 0.4) is 0 Å². The van der Waals surface area contributed by atoms with Gasteiger partial charge in [-0.3, -0.25) is 9.89 Å². The van der Waals surface area contributed by atoms with Crippen molar-refractivity contribution >= 4 is 32.9 Å². The van der Waals surface area contributed by atoms with Gasteiger partial charge in [0.05, 0.1) is 5.39 Å². The zero-order chi connectivity index (χ0) is 14.4. The molecule has 21 heavy (non-hydrogen) atoms. The lowest BCUT2D eigenvalue weighted by Crippen LogP contribution is -2.09. The summed E-state index contributed by atoms with van der Waals surface area (Å²) >= 11 is 3.13. The van der Waals surface area contributed by atoms with Crippen molar-refractivity contribution in [3.05, 3.63) is 39.1 Å². The summed E-state index contributed by atoms with van der Waals surface area (Å²) in [5.74, 6) is 0.858. The molecule has 8 heteroatoms. The van der Waals surface area contributed by atoms with Crippen molar-refractivity contribution in [2.45, 2.75) is 6.92 Å². The second-order valence-electron chi connectivity index (χ2n) is 4.49. The van der Waals surface area contributed by atoms with Gasteiger partial charge >= 0.3 is 0 Å². The molecular formula is C13H9N5OS2. The minimum absolute atomic E-state index is 0.159. The van der Waals surface area contributed by atoms with Crippen LogP contribution in [0.2, 0.25) is 0 Å². The van der Waals surface area contributed by atoms with Crippen LogP contribution < -0.4 is 5.56 Å². The van der Waals surface area contributed by atoms with Gasteiger partial charge in [0, 0.05) is 20.7 Å². The van der Waals surface area contributed by atoms with E-state index in [1.807, 2.05) is 24.4 Å². The number of aromatic amines is 2. The number of aryl methyl sites for hydroxylation is 1. The highest BCUT2D eigenvalue weighted by atomic mass is 32.1. The largest absolute Gasteiger partial charge is 0.303 e. The molecule has 4 aromatic heterocycles. The van der Waals surface area contributed by atoms with Crippen molar-refractivity contribution in [3.63, 3.8) is 0 Å². The van der Waals surface area contributed by atoms with Crippen LogP contribution in [0.1, 0.15) is 4.88 Å². The zero-order valence-electron chi connectivity index (χ0n) is 10.9. The van der Waals surface area contributed by atoms with E-state index in [-0.39, 0.29) is 5.56 Å². The van der Waals surface area contributed by atoms with E-state index in [0.29, 0.717) is 21.9 Å². The lowest BCUT2D eigenvalue weighted by molar-refractivity contribution is 1.06. The Kier molecular flexibility index (Phi) is 2.72. The van der Waals surface area contributed by atoms with Crippen LogP contribution in [0.4, 0.5) is 0 Å². The smallest absolute Gasteiger partial charge is 0.260 e. The first-order valence-corrected chi connectivity index (χ1v) is 7.86. The average Bonchev–Trinajstić information content (AvgIpc) is 3.17. The van der Waals surface area contributed by atoms with Crippen LogP contribution in [0.25, 0.3) is 32.3 Å². The molecule has 4 aromatic rings. The molecule has 0 saturated heterocycles. The molecule has 4 heterocycles. The quantitative estimate of drug-likeness (QED) is 0.595. The highest BCUT2D eigenvalue weighted by Crippen LogP contribution is 2.35. The van der Waals surface area contributed by atoms with Gasteiger partial charge in [-0.15, -0.1) is 22.7 Å². The third-order valence-electron chi connectivity index (χ3n) is 3.09. The van der Waals surface area contributed by atoms with E-state index in [1.165, 1.54) is 22.5 Å². The number of fused-ring (bicyclic) bond motifs is 1. The van der Waals surface area contributed by atoms with Gasteiger partial charge in [-0.1, -0.05) is 0 Å². The molecule has 0 radical (unpaired) electrons. The number of hydrogen-bond acceptors (Lipinski definition) is 6. The van der Waals surface area contributed by atoms with Crippen LogP contribution >= 0.6 is 22.7 Å². The van der Waals surface area contributed by atoms with Crippen molar-refractivity contribution < 1.29 is 0 Å². The van der Waals surface area contributed by atoms with E-state index in [1.54, 1.807) is 11.3 Å². The Labute approximate surface area is 126 Å². The topological polar surface area (TPSA) is 87.3 Å². The molecule has 0 spiro atoms. The maximum absolute atomic E-state index is 12.4. The lowest BCUT2D eigenvalue weighted by Gasteiger charge is -1.98. The molecule has 0 bridgehead atoms. The fraction of sp³-hybridized carbons (Fsp3) is 0.0769. The van der Waals surface area contributed by atoms with Gasteiger partial charge < -0.3 is 4.98 Å². The van der Waals surface area contributed by atoms with Crippen LogP contribution in [0.5, 0.6) is 0 Å². The molecule has 6 nitrogen and oxygen atoms in total. The summed E-state index contributed by atoms with van der Waals surface area (Å²) in [5, 5.41) is 9.08. The summed E-state index contributed by atoms with van der Waals surface area (Å²) < 4.78 is 0. The zero-order valence-corrected chi connectivity index (χ0v) is 12.5. The number of nitrogens with zero attached hydrogens (tertiary/aromatic N) is 3. The Balaban J connectivity index is 1.96. The first-order chi connectivity index (χ1) is 10.2. The Morgan fingerprint density at radius 2 is 2.14 bits per heavy atom. The van der Waals surface area contributed by atoms with Crippen molar-refractivity contribution in [1.82, 2.24) is 25.1 Å². The number of nitrogens with one attached hydrogen (secondary N) is 2. The average molecular weight is 315 g/mol. The van der Waals surface area contributed by atoms with Crippen LogP contribution in [-0.4, -0.2) is 25.1 Å². The highest BCUT2D eigenvalue weighted by Gasteiger charge is 2.15. The van der Waals surface area contributed by atoms with Gasteiger partial charge in [-0.2, -0.15) is 5.10 Å². The van der Waals surface area contributed by atoms with E-state index in [9.17, 15) is 4.79 Å². The third-order valence-corrected chi connectivity index (χ3v) is 5.00. The van der Waals surface area contributed by atoms with Gasteiger partial charge in [-0.25, -0.2) is 9.97 Å². The maximum Gasteiger partial charge on any atom is 0.260 e. The Hall–Kier alpha value is -2.32. The predicted molar refractivity (Wildman–Crippen MR) is 83.7 cm³/mol. The van der Waals surface area contributed by atoms with E-state index >= 15 is 0 Å². The predicted octanol–water partition coefficient (Wildman–Crippen LogP) is 2.81. The van der Waals surface area contributed by atoms with Gasteiger partial charge in [-0.05, 0) is 19.1 Å². The van der Waals surface area contributed by atoms with E-state index < -0.39 is 0 Å². The molecular weight excluding hydrogens is 306 g/mol. The normalized spacial score (nSPS) is 11.3. The second kappa shape index (κ2) is 4.61. The Bertz CT molecular complexity index is 980. The lowest BCUT2D eigenvalue weighted by atomic mass is 10.2. The van der Waals surface area contributed by atoms with Gasteiger partial charge in [0.2, 0.25) is 0 Å². The van der Waals surface area contributed by atoms with Crippen molar-refractivity contribution in [1.29, 1.82) is 0 Å². The number of H-pyrrole nitrogens is 2. The third kappa shape index (κ3) is 1.99. The molecule has 2 N–H and O–H groups in total. The number of rotatable bonds is 2. The molecule has 0 atom stereocenters. The van der Waals surface area contributed by atoms with Crippen LogP contribution in [0.15, 0.2) is 28.6 Å². The van der Waals surface area contributed by atoms with Crippen LogP contribution in [0, 0.1) is 6.92 Å². The maximum atomic E-state index is 12.4. The summed E-state index contributed by atoms with van der Waals surface area (Å²) in [7, 11) is 0. The van der Waals surface area contributed by atoms with E-state index in [2.05, 4.69) is 25.1 Å². The van der Waals surface area contributed by atoms with E-state index in [4.69, 9.17) is 0 Å². The number of aromatic nitrogens is 5. The summed E-state index contributed by atoms with van der Waals surface area (Å²) in [4.78, 5) is 26.6. The number of hydrogen-bond donors (Lipinski definition) is 2.